The zero-order valence-corrected chi connectivity index (χ0v) is 8.20. The van der Waals surface area contributed by atoms with Gasteiger partial charge in [0.15, 0.2) is 11.6 Å². The molecule has 0 saturated carbocycles. The molecule has 1 aromatic rings. The molecule has 0 saturated heterocycles. The Bertz CT molecular complexity index is 374. The van der Waals surface area contributed by atoms with Crippen molar-refractivity contribution in [2.24, 2.45) is 5.84 Å². The van der Waals surface area contributed by atoms with E-state index >= 15 is 0 Å². The van der Waals surface area contributed by atoms with Gasteiger partial charge in [-0.1, -0.05) is 5.59 Å². The van der Waals surface area contributed by atoms with Gasteiger partial charge < -0.3 is 9.57 Å². The summed E-state index contributed by atoms with van der Waals surface area (Å²) in [5, 5.41) is 0. The first-order valence-corrected chi connectivity index (χ1v) is 4.36. The van der Waals surface area contributed by atoms with Gasteiger partial charge in [0.25, 0.3) is 0 Å². The molecule has 88 valence electrons. The van der Waals surface area contributed by atoms with Gasteiger partial charge in [-0.05, 0) is 12.1 Å². The highest BCUT2D eigenvalue weighted by atomic mass is 19.1. The second-order valence-corrected chi connectivity index (χ2v) is 2.77. The van der Waals surface area contributed by atoms with Gasteiger partial charge in [-0.2, -0.15) is 0 Å². The van der Waals surface area contributed by atoms with Crippen LogP contribution in [-0.2, 0) is 9.63 Å². The molecule has 7 heteroatoms. The van der Waals surface area contributed by atoms with Crippen LogP contribution in [0.3, 0.4) is 0 Å². The van der Waals surface area contributed by atoms with Gasteiger partial charge in [-0.25, -0.2) is 14.6 Å². The molecule has 1 rings (SSSR count). The van der Waals surface area contributed by atoms with E-state index in [2.05, 4.69) is 4.84 Å². The number of halogens is 2. The van der Waals surface area contributed by atoms with Gasteiger partial charge in [-0.3, -0.25) is 4.79 Å². The highest BCUT2D eigenvalue weighted by Crippen LogP contribution is 2.17. The lowest BCUT2D eigenvalue weighted by Gasteiger charge is -2.06. The molecule has 0 atom stereocenters. The largest absolute Gasteiger partial charge is 0.490 e. The van der Waals surface area contributed by atoms with Crippen LogP contribution in [0.15, 0.2) is 18.2 Å². The smallest absolute Gasteiger partial charge is 0.329 e. The van der Waals surface area contributed by atoms with E-state index in [4.69, 9.17) is 10.6 Å². The molecule has 0 spiro atoms. The fraction of sp³-hybridized carbons (Fsp3) is 0.222. The van der Waals surface area contributed by atoms with E-state index < -0.39 is 17.6 Å². The summed E-state index contributed by atoms with van der Waals surface area (Å²) in [5.41, 5.74) is 1.70. The monoisotopic (exact) mass is 232 g/mol. The summed E-state index contributed by atoms with van der Waals surface area (Å²) in [6.45, 7) is -0.138. The number of carbonyl (C=O) groups excluding carboxylic acids is 1. The van der Waals surface area contributed by atoms with E-state index in [-0.39, 0.29) is 18.8 Å². The average Bonchev–Trinajstić information content (AvgIpc) is 2.23. The van der Waals surface area contributed by atoms with Gasteiger partial charge in [-0.15, -0.1) is 0 Å². The predicted octanol–water partition coefficient (Wildman–Crippen LogP) is 0.655. The molecule has 0 aromatic heterocycles. The second-order valence-electron chi connectivity index (χ2n) is 2.77. The van der Waals surface area contributed by atoms with Crippen molar-refractivity contribution < 1.29 is 23.1 Å². The van der Waals surface area contributed by atoms with Crippen LogP contribution < -0.4 is 16.2 Å². The molecule has 0 aliphatic carbocycles. The molecule has 0 radical (unpaired) electrons. The second kappa shape index (κ2) is 5.99. The highest BCUT2D eigenvalue weighted by Gasteiger charge is 2.07. The molecule has 0 unspecified atom stereocenters. The average molecular weight is 232 g/mol. The van der Waals surface area contributed by atoms with Gasteiger partial charge in [0.05, 0.1) is 13.0 Å². The van der Waals surface area contributed by atoms with Crippen LogP contribution in [0.2, 0.25) is 0 Å². The number of hydrogen-bond donors (Lipinski definition) is 2. The molecular weight excluding hydrogens is 222 g/mol. The van der Waals surface area contributed by atoms with Crippen LogP contribution in [0.1, 0.15) is 6.42 Å². The van der Waals surface area contributed by atoms with E-state index in [1.807, 2.05) is 0 Å². The minimum atomic E-state index is -0.702. The summed E-state index contributed by atoms with van der Waals surface area (Å²) in [6, 6.07) is 2.79. The van der Waals surface area contributed by atoms with Crippen LogP contribution in [0.25, 0.3) is 0 Å². The van der Waals surface area contributed by atoms with Crippen LogP contribution >= 0.6 is 0 Å². The third kappa shape index (κ3) is 3.79. The minimum absolute atomic E-state index is 0.138. The number of ether oxygens (including phenoxy) is 1. The zero-order chi connectivity index (χ0) is 12.0. The van der Waals surface area contributed by atoms with Crippen molar-refractivity contribution in [1.82, 2.24) is 5.59 Å². The molecule has 0 fully saturated rings. The number of carbonyl (C=O) groups is 1. The molecule has 1 aromatic carbocycles. The fourth-order valence-corrected chi connectivity index (χ4v) is 0.949. The Morgan fingerprint density at radius 1 is 1.44 bits per heavy atom. The summed E-state index contributed by atoms with van der Waals surface area (Å²) >= 11 is 0. The Morgan fingerprint density at radius 3 is 2.88 bits per heavy atom. The first-order chi connectivity index (χ1) is 7.63. The quantitative estimate of drug-likeness (QED) is 0.576. The van der Waals surface area contributed by atoms with E-state index in [0.29, 0.717) is 0 Å². The zero-order valence-electron chi connectivity index (χ0n) is 8.20. The van der Waals surface area contributed by atoms with E-state index in [1.165, 1.54) is 0 Å². The fourth-order valence-electron chi connectivity index (χ4n) is 0.949. The van der Waals surface area contributed by atoms with Crippen LogP contribution in [0.5, 0.6) is 5.75 Å². The van der Waals surface area contributed by atoms with Crippen molar-refractivity contribution in [3.8, 4) is 5.75 Å². The van der Waals surface area contributed by atoms with Gasteiger partial charge in [0.1, 0.15) is 5.82 Å². The maximum absolute atomic E-state index is 13.0. The van der Waals surface area contributed by atoms with E-state index in [1.54, 1.807) is 5.59 Å². The first-order valence-electron chi connectivity index (χ1n) is 4.36. The third-order valence-corrected chi connectivity index (χ3v) is 1.63. The van der Waals surface area contributed by atoms with Crippen LogP contribution in [0.4, 0.5) is 8.78 Å². The van der Waals surface area contributed by atoms with Crippen LogP contribution in [-0.4, -0.2) is 12.6 Å². The van der Waals surface area contributed by atoms with Crippen molar-refractivity contribution in [2.75, 3.05) is 6.61 Å². The Labute approximate surface area is 90.1 Å². The lowest BCUT2D eigenvalue weighted by molar-refractivity contribution is -0.151. The van der Waals surface area contributed by atoms with Gasteiger partial charge >= 0.3 is 5.97 Å². The Balaban J connectivity index is 2.42. The molecular formula is C9H10F2N2O3. The summed E-state index contributed by atoms with van der Waals surface area (Å²) in [5.74, 6) is 2.46. The first kappa shape index (κ1) is 12.3. The van der Waals surface area contributed by atoms with E-state index in [0.717, 1.165) is 18.2 Å². The Morgan fingerprint density at radius 2 is 2.19 bits per heavy atom. The minimum Gasteiger partial charge on any atom is -0.490 e. The summed E-state index contributed by atoms with van der Waals surface area (Å²) in [7, 11) is 0. The summed E-state index contributed by atoms with van der Waals surface area (Å²) < 4.78 is 30.5. The van der Waals surface area contributed by atoms with Crippen LogP contribution in [0, 0.1) is 11.6 Å². The number of nitrogens with two attached hydrogens (primary N) is 1. The maximum atomic E-state index is 13.0. The number of rotatable bonds is 5. The maximum Gasteiger partial charge on any atom is 0.329 e. The number of hydrogen-bond acceptors (Lipinski definition) is 5. The van der Waals surface area contributed by atoms with Crippen molar-refractivity contribution in [2.45, 2.75) is 6.42 Å². The molecule has 0 bridgehead atoms. The van der Waals surface area contributed by atoms with Crippen molar-refractivity contribution in [1.29, 1.82) is 0 Å². The number of hydrazine groups is 1. The lowest BCUT2D eigenvalue weighted by atomic mass is 10.3. The lowest BCUT2D eigenvalue weighted by Crippen LogP contribution is -2.27. The van der Waals surface area contributed by atoms with Gasteiger partial charge in [0.2, 0.25) is 0 Å². The van der Waals surface area contributed by atoms with Crippen molar-refractivity contribution in [3.63, 3.8) is 0 Å². The van der Waals surface area contributed by atoms with Crippen molar-refractivity contribution in [3.05, 3.63) is 29.8 Å². The SMILES string of the molecule is NNOC(=O)CCOc1cc(F)ccc1F. The third-order valence-electron chi connectivity index (χ3n) is 1.63. The molecule has 5 nitrogen and oxygen atoms in total. The molecule has 0 aliphatic heterocycles. The molecule has 3 N–H and O–H groups in total. The van der Waals surface area contributed by atoms with Crippen molar-refractivity contribution >= 4 is 5.97 Å². The summed E-state index contributed by atoms with van der Waals surface area (Å²) in [4.78, 5) is 14.9. The molecule has 0 aliphatic rings. The number of benzene rings is 1. The highest BCUT2D eigenvalue weighted by molar-refractivity contribution is 5.69. The molecule has 0 heterocycles. The molecule has 16 heavy (non-hydrogen) atoms. The summed E-state index contributed by atoms with van der Waals surface area (Å²) in [6.07, 6.45) is -0.139. The normalized spacial score (nSPS) is 9.94. The standard InChI is InChI=1S/C9H10F2N2O3/c10-6-1-2-7(11)8(5-6)15-4-3-9(14)16-13-12/h1-2,5,13H,3-4,12H2. The van der Waals surface area contributed by atoms with E-state index in [9.17, 15) is 13.6 Å². The van der Waals surface area contributed by atoms with Gasteiger partial charge in [0, 0.05) is 6.07 Å². The Hall–Kier alpha value is -1.73. The predicted molar refractivity (Wildman–Crippen MR) is 49.9 cm³/mol. The Kier molecular flexibility index (Phi) is 4.62. The topological polar surface area (TPSA) is 73.6 Å². The number of nitrogens with one attached hydrogen (secondary N) is 1. The molecule has 0 amide bonds.